The van der Waals surface area contributed by atoms with Gasteiger partial charge in [0.1, 0.15) is 11.9 Å². The van der Waals surface area contributed by atoms with E-state index < -0.39 is 4.92 Å². The van der Waals surface area contributed by atoms with Crippen LogP contribution in [0.5, 0.6) is 0 Å². The van der Waals surface area contributed by atoms with Crippen molar-refractivity contribution in [2.24, 2.45) is 0 Å². The van der Waals surface area contributed by atoms with Crippen molar-refractivity contribution in [3.05, 3.63) is 55.7 Å². The lowest BCUT2D eigenvalue weighted by atomic mass is 10.2. The van der Waals surface area contributed by atoms with E-state index >= 15 is 0 Å². The number of non-ortho nitro benzene ring substituents is 1. The predicted octanol–water partition coefficient (Wildman–Crippen LogP) is 3.79. The fraction of sp³-hybridized carbons (Fsp3) is 0.455. The van der Waals surface area contributed by atoms with Gasteiger partial charge in [-0.2, -0.15) is 5.26 Å². The number of anilines is 1. The lowest BCUT2D eigenvalue weighted by Gasteiger charge is -2.19. The second-order valence-electron chi connectivity index (χ2n) is 8.04. The Kier molecular flexibility index (Phi) is 7.51. The summed E-state index contributed by atoms with van der Waals surface area (Å²) < 4.78 is 7.68. The molecular weight excluding hydrogens is 434 g/mol. The Morgan fingerprint density at radius 1 is 1.47 bits per heavy atom. The Morgan fingerprint density at radius 3 is 2.84 bits per heavy atom. The summed E-state index contributed by atoms with van der Waals surface area (Å²) in [6.45, 7) is 5.37. The molecule has 0 radical (unpaired) electrons. The molecule has 1 atom stereocenters. The molecule has 1 aliphatic heterocycles. The molecule has 9 nitrogen and oxygen atoms in total. The van der Waals surface area contributed by atoms with Gasteiger partial charge in [0.15, 0.2) is 0 Å². The molecule has 170 valence electrons. The van der Waals surface area contributed by atoms with Gasteiger partial charge in [-0.05, 0) is 50.9 Å². The van der Waals surface area contributed by atoms with E-state index in [4.69, 9.17) is 16.3 Å². The Bertz CT molecular complexity index is 1070. The lowest BCUT2D eigenvalue weighted by Crippen LogP contribution is -2.31. The number of likely N-dealkylation sites (N-methyl/N-ethyl adjacent to an activating group) is 1. The lowest BCUT2D eigenvalue weighted by molar-refractivity contribution is -0.384. The molecule has 1 amide bonds. The number of carbonyl (C=O) groups excluding carboxylic acids is 1. The van der Waals surface area contributed by atoms with Crippen molar-refractivity contribution in [1.29, 1.82) is 5.26 Å². The summed E-state index contributed by atoms with van der Waals surface area (Å²) in [6, 6.07) is 6.43. The summed E-state index contributed by atoms with van der Waals surface area (Å²) in [4.78, 5) is 25.1. The fourth-order valence-corrected chi connectivity index (χ4v) is 4.09. The number of ether oxygens (including phenoxy) is 1. The van der Waals surface area contributed by atoms with Crippen LogP contribution in [-0.2, 0) is 22.6 Å². The molecule has 32 heavy (non-hydrogen) atoms. The first kappa shape index (κ1) is 23.7. The number of aromatic nitrogens is 1. The second-order valence-corrected chi connectivity index (χ2v) is 8.45. The molecule has 1 unspecified atom stereocenters. The SMILES string of the molecule is Cc1c(C#N)c(NC(=O)CN(C)Cc2cc([N+](=O)[O-])ccc2Cl)n(CC2CCCO2)c1C. The van der Waals surface area contributed by atoms with Gasteiger partial charge in [-0.15, -0.1) is 0 Å². The molecule has 1 fully saturated rings. The number of hydrogen-bond donors (Lipinski definition) is 1. The van der Waals surface area contributed by atoms with Gasteiger partial charge in [0.2, 0.25) is 5.91 Å². The highest BCUT2D eigenvalue weighted by molar-refractivity contribution is 6.31. The number of nitro benzene ring substituents is 1. The highest BCUT2D eigenvalue weighted by atomic mass is 35.5. The van der Waals surface area contributed by atoms with Crippen molar-refractivity contribution >= 4 is 29.0 Å². The van der Waals surface area contributed by atoms with Crippen LogP contribution in [0.3, 0.4) is 0 Å². The van der Waals surface area contributed by atoms with Crippen LogP contribution in [0.4, 0.5) is 11.5 Å². The molecule has 3 rings (SSSR count). The maximum absolute atomic E-state index is 12.8. The Hall–Kier alpha value is -2.93. The van der Waals surface area contributed by atoms with E-state index in [-0.39, 0.29) is 30.8 Å². The van der Waals surface area contributed by atoms with Crippen LogP contribution in [0.1, 0.15) is 35.2 Å². The molecule has 1 aliphatic rings. The van der Waals surface area contributed by atoms with Gasteiger partial charge in [-0.3, -0.25) is 19.8 Å². The molecule has 0 bridgehead atoms. The topological polar surface area (TPSA) is 113 Å². The second kappa shape index (κ2) is 10.1. The van der Waals surface area contributed by atoms with Crippen LogP contribution in [0.25, 0.3) is 0 Å². The standard InChI is InChI=1S/C22H26ClN5O4/c1-14-15(2)27(12-18-5-4-8-32-18)22(19(14)10-24)25-21(29)13-26(3)11-16-9-17(28(30)31)6-7-20(16)23/h6-7,9,18H,4-5,8,11-13H2,1-3H3,(H,25,29). The predicted molar refractivity (Wildman–Crippen MR) is 121 cm³/mol. The van der Waals surface area contributed by atoms with Gasteiger partial charge < -0.3 is 14.6 Å². The molecule has 2 heterocycles. The number of amides is 1. The number of nitrogens with zero attached hydrogens (tertiary/aromatic N) is 4. The van der Waals surface area contributed by atoms with E-state index in [1.807, 2.05) is 18.4 Å². The highest BCUT2D eigenvalue weighted by Crippen LogP contribution is 2.28. The van der Waals surface area contributed by atoms with Gasteiger partial charge in [-0.25, -0.2) is 0 Å². The maximum atomic E-state index is 12.8. The number of hydrogen-bond acceptors (Lipinski definition) is 6. The van der Waals surface area contributed by atoms with E-state index in [0.717, 1.165) is 30.7 Å². The average Bonchev–Trinajstić information content (AvgIpc) is 3.32. The molecule has 0 aliphatic carbocycles. The fourth-order valence-electron chi connectivity index (χ4n) is 3.91. The molecule has 1 aromatic carbocycles. The van der Waals surface area contributed by atoms with Crippen LogP contribution in [0, 0.1) is 35.3 Å². The number of nitro groups is 1. The van der Waals surface area contributed by atoms with E-state index in [9.17, 15) is 20.2 Å². The molecular formula is C22H26ClN5O4. The highest BCUT2D eigenvalue weighted by Gasteiger charge is 2.24. The Labute approximate surface area is 191 Å². The zero-order chi connectivity index (χ0) is 23.4. The van der Waals surface area contributed by atoms with Crippen molar-refractivity contribution in [1.82, 2.24) is 9.47 Å². The molecule has 1 aromatic heterocycles. The normalized spacial score (nSPS) is 15.7. The van der Waals surface area contributed by atoms with E-state index in [1.165, 1.54) is 18.2 Å². The number of carbonyl (C=O) groups is 1. The Balaban J connectivity index is 1.73. The largest absolute Gasteiger partial charge is 0.376 e. The summed E-state index contributed by atoms with van der Waals surface area (Å²) in [7, 11) is 1.72. The van der Waals surface area contributed by atoms with Crippen molar-refractivity contribution in [3.63, 3.8) is 0 Å². The summed E-state index contributed by atoms with van der Waals surface area (Å²) in [6.07, 6.45) is 2.00. The zero-order valence-electron chi connectivity index (χ0n) is 18.4. The van der Waals surface area contributed by atoms with Crippen molar-refractivity contribution < 1.29 is 14.5 Å². The first-order valence-corrected chi connectivity index (χ1v) is 10.7. The molecule has 1 N–H and O–H groups in total. The zero-order valence-corrected chi connectivity index (χ0v) is 19.1. The number of nitrogens with one attached hydrogen (secondary N) is 1. The summed E-state index contributed by atoms with van der Waals surface area (Å²) >= 11 is 6.17. The third-order valence-electron chi connectivity index (χ3n) is 5.70. The monoisotopic (exact) mass is 459 g/mol. The first-order valence-electron chi connectivity index (χ1n) is 10.3. The summed E-state index contributed by atoms with van der Waals surface area (Å²) in [5, 5.41) is 24.0. The average molecular weight is 460 g/mol. The van der Waals surface area contributed by atoms with Crippen LogP contribution in [0.15, 0.2) is 18.2 Å². The van der Waals surface area contributed by atoms with Gasteiger partial charge in [-0.1, -0.05) is 11.6 Å². The van der Waals surface area contributed by atoms with Crippen LogP contribution >= 0.6 is 11.6 Å². The number of rotatable bonds is 8. The van der Waals surface area contributed by atoms with Crippen molar-refractivity contribution in [2.75, 3.05) is 25.5 Å². The van der Waals surface area contributed by atoms with Gasteiger partial charge >= 0.3 is 0 Å². The smallest absolute Gasteiger partial charge is 0.269 e. The van der Waals surface area contributed by atoms with Crippen molar-refractivity contribution in [3.8, 4) is 6.07 Å². The number of benzene rings is 1. The van der Waals surface area contributed by atoms with Crippen LogP contribution in [-0.4, -0.2) is 46.6 Å². The van der Waals surface area contributed by atoms with Crippen molar-refractivity contribution in [2.45, 2.75) is 45.9 Å². The molecule has 10 heteroatoms. The third kappa shape index (κ3) is 5.27. The minimum atomic E-state index is -0.483. The summed E-state index contributed by atoms with van der Waals surface area (Å²) in [5.74, 6) is 0.182. The molecule has 0 saturated carbocycles. The minimum Gasteiger partial charge on any atom is -0.376 e. The van der Waals surface area contributed by atoms with Crippen LogP contribution < -0.4 is 5.32 Å². The maximum Gasteiger partial charge on any atom is 0.269 e. The first-order chi connectivity index (χ1) is 15.2. The number of halogens is 1. The van der Waals surface area contributed by atoms with Gasteiger partial charge in [0.05, 0.1) is 29.7 Å². The van der Waals surface area contributed by atoms with E-state index in [2.05, 4.69) is 11.4 Å². The molecule has 0 spiro atoms. The summed E-state index contributed by atoms with van der Waals surface area (Å²) in [5.41, 5.74) is 2.70. The molecule has 2 aromatic rings. The quantitative estimate of drug-likeness (QED) is 0.474. The molecule has 1 saturated heterocycles. The van der Waals surface area contributed by atoms with E-state index in [0.29, 0.717) is 28.5 Å². The van der Waals surface area contributed by atoms with E-state index in [1.54, 1.807) is 11.9 Å². The number of nitriles is 1. The minimum absolute atomic E-state index is 0.0209. The Morgan fingerprint density at radius 2 is 2.22 bits per heavy atom. The van der Waals surface area contributed by atoms with Gasteiger partial charge in [0, 0.05) is 36.0 Å². The van der Waals surface area contributed by atoms with Gasteiger partial charge in [0.25, 0.3) is 5.69 Å². The van der Waals surface area contributed by atoms with Crippen LogP contribution in [0.2, 0.25) is 5.02 Å². The third-order valence-corrected chi connectivity index (χ3v) is 6.07.